The van der Waals surface area contributed by atoms with Gasteiger partial charge in [-0.05, 0) is 49.4 Å². The van der Waals surface area contributed by atoms with Gasteiger partial charge in [-0.3, -0.25) is 9.67 Å². The fraction of sp³-hybridized carbons (Fsp3) is 0.474. The number of aromatic nitrogens is 2. The molecule has 2 rings (SSSR count). The van der Waals surface area contributed by atoms with Gasteiger partial charge in [0.1, 0.15) is 5.75 Å². The fourth-order valence-corrected chi connectivity index (χ4v) is 2.86. The van der Waals surface area contributed by atoms with Crippen LogP contribution in [-0.4, -0.2) is 42.5 Å². The van der Waals surface area contributed by atoms with E-state index < -0.39 is 0 Å². The lowest BCUT2D eigenvalue weighted by Gasteiger charge is -2.12. The maximum absolute atomic E-state index is 6.29. The van der Waals surface area contributed by atoms with E-state index >= 15 is 0 Å². The molecule has 142 valence electrons. The van der Waals surface area contributed by atoms with Gasteiger partial charge in [-0.15, -0.1) is 0 Å². The summed E-state index contributed by atoms with van der Waals surface area (Å²) in [6.07, 6.45) is 6.76. The van der Waals surface area contributed by atoms with E-state index in [1.54, 1.807) is 7.11 Å². The van der Waals surface area contributed by atoms with E-state index in [1.165, 1.54) is 5.56 Å². The molecule has 0 aliphatic rings. The van der Waals surface area contributed by atoms with Gasteiger partial charge >= 0.3 is 0 Å². The van der Waals surface area contributed by atoms with Crippen LogP contribution in [0.15, 0.2) is 35.6 Å². The number of nitrogens with zero attached hydrogens (tertiary/aromatic N) is 3. The van der Waals surface area contributed by atoms with Gasteiger partial charge in [0.05, 0.1) is 13.3 Å². The van der Waals surface area contributed by atoms with Crippen molar-refractivity contribution >= 4 is 17.6 Å². The van der Waals surface area contributed by atoms with Crippen LogP contribution in [0.3, 0.4) is 0 Å². The standard InChI is InChI=1S/C19H28ClN5O/c1-4-21-19(22-10-5-6-15-13-24-25(2)14-15)23-11-9-16-7-8-17(26-3)12-18(16)20/h7-8,12-14H,4-6,9-11H2,1-3H3,(H2,21,22,23). The molecule has 0 spiro atoms. The minimum Gasteiger partial charge on any atom is -0.497 e. The first-order chi connectivity index (χ1) is 12.6. The van der Waals surface area contributed by atoms with Gasteiger partial charge in [0.2, 0.25) is 0 Å². The third-order valence-corrected chi connectivity index (χ3v) is 4.29. The van der Waals surface area contributed by atoms with Gasteiger partial charge in [0.15, 0.2) is 5.96 Å². The Labute approximate surface area is 160 Å². The highest BCUT2D eigenvalue weighted by atomic mass is 35.5. The van der Waals surface area contributed by atoms with Crippen LogP contribution in [0, 0.1) is 0 Å². The normalized spacial score (nSPS) is 11.5. The molecule has 1 heterocycles. The van der Waals surface area contributed by atoms with Crippen LogP contribution in [0.25, 0.3) is 0 Å². The summed E-state index contributed by atoms with van der Waals surface area (Å²) in [6, 6.07) is 5.77. The minimum atomic E-state index is 0.726. The Morgan fingerprint density at radius 2 is 2.15 bits per heavy atom. The fourth-order valence-electron chi connectivity index (χ4n) is 2.59. The summed E-state index contributed by atoms with van der Waals surface area (Å²) in [5.74, 6) is 1.61. The molecule has 7 heteroatoms. The van der Waals surface area contributed by atoms with Crippen LogP contribution in [0.5, 0.6) is 5.75 Å². The van der Waals surface area contributed by atoms with Crippen molar-refractivity contribution < 1.29 is 4.74 Å². The third kappa shape index (κ3) is 6.59. The van der Waals surface area contributed by atoms with Crippen LogP contribution in [0.4, 0.5) is 0 Å². The molecule has 6 nitrogen and oxygen atoms in total. The van der Waals surface area contributed by atoms with E-state index in [9.17, 15) is 0 Å². The van der Waals surface area contributed by atoms with Crippen LogP contribution in [0.1, 0.15) is 24.5 Å². The Bertz CT molecular complexity index is 714. The lowest BCUT2D eigenvalue weighted by molar-refractivity contribution is 0.414. The van der Waals surface area contributed by atoms with Crippen LogP contribution < -0.4 is 15.4 Å². The number of hydrogen-bond acceptors (Lipinski definition) is 3. The van der Waals surface area contributed by atoms with E-state index in [0.29, 0.717) is 0 Å². The van der Waals surface area contributed by atoms with Gasteiger partial charge in [-0.25, -0.2) is 0 Å². The predicted molar refractivity (Wildman–Crippen MR) is 107 cm³/mol. The van der Waals surface area contributed by atoms with E-state index in [2.05, 4.69) is 27.6 Å². The molecule has 0 unspecified atom stereocenters. The van der Waals surface area contributed by atoms with E-state index in [4.69, 9.17) is 16.3 Å². The molecule has 0 radical (unpaired) electrons. The number of hydrogen-bond donors (Lipinski definition) is 2. The first kappa shape index (κ1) is 20.1. The average Bonchev–Trinajstić information content (AvgIpc) is 3.05. The molecule has 0 aliphatic heterocycles. The second kappa shape index (κ2) is 10.7. The molecule has 0 amide bonds. The van der Waals surface area contributed by atoms with Crippen LogP contribution in [-0.2, 0) is 19.9 Å². The molecule has 0 aliphatic carbocycles. The van der Waals surface area contributed by atoms with Crippen molar-refractivity contribution in [2.75, 3.05) is 26.7 Å². The molecule has 0 saturated carbocycles. The Morgan fingerprint density at radius 1 is 1.31 bits per heavy atom. The number of nitrogens with one attached hydrogen (secondary N) is 2. The molecule has 0 fully saturated rings. The summed E-state index contributed by atoms with van der Waals surface area (Å²) in [7, 11) is 3.57. The zero-order valence-electron chi connectivity index (χ0n) is 15.8. The second-order valence-corrected chi connectivity index (χ2v) is 6.43. The number of methoxy groups -OCH3 is 1. The number of aliphatic imine (C=N–C) groups is 1. The molecule has 0 atom stereocenters. The lowest BCUT2D eigenvalue weighted by atomic mass is 10.1. The van der Waals surface area contributed by atoms with Gasteiger partial charge < -0.3 is 15.4 Å². The molecule has 1 aromatic carbocycles. The summed E-state index contributed by atoms with van der Waals surface area (Å²) in [5.41, 5.74) is 2.34. The Kier molecular flexibility index (Phi) is 8.28. The van der Waals surface area contributed by atoms with Crippen LogP contribution in [0.2, 0.25) is 5.02 Å². The molecular weight excluding hydrogens is 350 g/mol. The first-order valence-corrected chi connectivity index (χ1v) is 9.32. The topological polar surface area (TPSA) is 63.5 Å². The molecular formula is C19H28ClN5O. The predicted octanol–water partition coefficient (Wildman–Crippen LogP) is 2.81. The van der Waals surface area contributed by atoms with Crippen LogP contribution >= 0.6 is 11.6 Å². The zero-order chi connectivity index (χ0) is 18.8. The number of halogens is 1. The highest BCUT2D eigenvalue weighted by molar-refractivity contribution is 6.31. The van der Waals surface area contributed by atoms with Crippen molar-refractivity contribution in [2.45, 2.75) is 26.2 Å². The maximum atomic E-state index is 6.29. The minimum absolute atomic E-state index is 0.726. The van der Waals surface area contributed by atoms with E-state index in [-0.39, 0.29) is 0 Å². The van der Waals surface area contributed by atoms with Gasteiger partial charge in [-0.1, -0.05) is 17.7 Å². The third-order valence-electron chi connectivity index (χ3n) is 3.94. The summed E-state index contributed by atoms with van der Waals surface area (Å²) in [4.78, 5) is 4.63. The van der Waals surface area contributed by atoms with Gasteiger partial charge in [0, 0.05) is 37.9 Å². The number of guanidine groups is 1. The smallest absolute Gasteiger partial charge is 0.191 e. The Morgan fingerprint density at radius 3 is 2.81 bits per heavy atom. The first-order valence-electron chi connectivity index (χ1n) is 8.94. The average molecular weight is 378 g/mol. The number of benzene rings is 1. The molecule has 1 aromatic heterocycles. The van der Waals surface area contributed by atoms with Crippen molar-refractivity contribution in [3.05, 3.63) is 46.7 Å². The summed E-state index contributed by atoms with van der Waals surface area (Å²) in [6.45, 7) is 4.43. The SMILES string of the molecule is CCNC(=NCCCc1cnn(C)c1)NCCc1ccc(OC)cc1Cl. The van der Waals surface area contributed by atoms with E-state index in [0.717, 1.165) is 61.2 Å². The number of rotatable bonds is 9. The summed E-state index contributed by atoms with van der Waals surface area (Å²) >= 11 is 6.29. The number of ether oxygens (including phenoxy) is 1. The number of aryl methyl sites for hydroxylation is 2. The van der Waals surface area contributed by atoms with Crippen molar-refractivity contribution in [1.82, 2.24) is 20.4 Å². The maximum Gasteiger partial charge on any atom is 0.191 e. The molecule has 2 N–H and O–H groups in total. The Balaban J connectivity index is 1.77. The monoisotopic (exact) mass is 377 g/mol. The molecule has 0 bridgehead atoms. The van der Waals surface area contributed by atoms with Gasteiger partial charge in [0.25, 0.3) is 0 Å². The highest BCUT2D eigenvalue weighted by Crippen LogP contribution is 2.22. The van der Waals surface area contributed by atoms with Crippen molar-refractivity contribution in [3.63, 3.8) is 0 Å². The zero-order valence-corrected chi connectivity index (χ0v) is 16.5. The van der Waals surface area contributed by atoms with Crippen molar-refractivity contribution in [3.8, 4) is 5.75 Å². The van der Waals surface area contributed by atoms with E-state index in [1.807, 2.05) is 42.3 Å². The second-order valence-electron chi connectivity index (χ2n) is 6.02. The molecule has 0 saturated heterocycles. The highest BCUT2D eigenvalue weighted by Gasteiger charge is 2.03. The summed E-state index contributed by atoms with van der Waals surface area (Å²) < 4.78 is 7.01. The lowest BCUT2D eigenvalue weighted by Crippen LogP contribution is -2.38. The molecule has 2 aromatic rings. The van der Waals surface area contributed by atoms with Gasteiger partial charge in [-0.2, -0.15) is 5.10 Å². The van der Waals surface area contributed by atoms with Crippen molar-refractivity contribution in [1.29, 1.82) is 0 Å². The molecule has 26 heavy (non-hydrogen) atoms. The quantitative estimate of drug-likeness (QED) is 0.400. The summed E-state index contributed by atoms with van der Waals surface area (Å²) in [5, 5.41) is 11.5. The largest absolute Gasteiger partial charge is 0.497 e. The van der Waals surface area contributed by atoms with Crippen molar-refractivity contribution in [2.24, 2.45) is 12.0 Å². The Hall–Kier alpha value is -2.21.